The molecule has 8 rings (SSSR count). The number of benzene rings is 4. The van der Waals surface area contributed by atoms with Crippen LogP contribution < -0.4 is 9.80 Å². The summed E-state index contributed by atoms with van der Waals surface area (Å²) in [6.07, 6.45) is 1.73. The maximum absolute atomic E-state index is 16.4. The van der Waals surface area contributed by atoms with Crippen molar-refractivity contribution in [2.24, 2.45) is 5.92 Å². The first-order chi connectivity index (χ1) is 24.9. The van der Waals surface area contributed by atoms with Crippen molar-refractivity contribution in [3.05, 3.63) is 118 Å². The smallest absolute Gasteiger partial charge is 0.269 e. The van der Waals surface area contributed by atoms with Gasteiger partial charge in [-0.05, 0) is 60.8 Å². The third-order valence-electron chi connectivity index (χ3n) is 10.8. The SMILES string of the molecule is C[C@@H]1[C@@H]([Si](C)(C)F)[C@H](CCn2cc(CCO)nn2)O[C@@]12C(=O)N(Cc1cccc(N3C(=O)c4cccc5cccc3c45)c1)c1ccc([N+](=O)[O-])cc12. The number of carbonyl (C=O) groups is 2. The molecule has 1 saturated heterocycles. The second-order valence-corrected chi connectivity index (χ2v) is 18.1. The molecule has 1 fully saturated rings. The number of non-ortho nitro benzene ring substituents is 1. The largest absolute Gasteiger partial charge is 0.396 e. The van der Waals surface area contributed by atoms with E-state index in [1.54, 1.807) is 39.8 Å². The number of hydrogen-bond acceptors (Lipinski definition) is 8. The van der Waals surface area contributed by atoms with Gasteiger partial charge in [-0.2, -0.15) is 0 Å². The van der Waals surface area contributed by atoms with Crippen LogP contribution in [-0.4, -0.2) is 58.0 Å². The number of aromatic nitrogens is 3. The number of nitrogens with zero attached hydrogens (tertiary/aromatic N) is 6. The molecule has 12 nitrogen and oxygen atoms in total. The number of fused-ring (bicyclic) bond motifs is 2. The summed E-state index contributed by atoms with van der Waals surface area (Å²) in [5.74, 6) is -1.20. The monoisotopic (exact) mass is 720 g/mol. The predicted octanol–water partition coefficient (Wildman–Crippen LogP) is 6.58. The van der Waals surface area contributed by atoms with Crippen molar-refractivity contribution in [2.45, 2.75) is 63.2 Å². The van der Waals surface area contributed by atoms with Crippen molar-refractivity contribution in [3.63, 3.8) is 0 Å². The molecular weight excluding hydrogens is 684 g/mol. The van der Waals surface area contributed by atoms with Gasteiger partial charge in [0, 0.05) is 66.0 Å². The minimum atomic E-state index is -3.49. The molecule has 0 radical (unpaired) electrons. The summed E-state index contributed by atoms with van der Waals surface area (Å²) in [5, 5.41) is 31.4. The Balaban J connectivity index is 1.15. The summed E-state index contributed by atoms with van der Waals surface area (Å²) in [4.78, 5) is 43.4. The molecule has 0 bridgehead atoms. The van der Waals surface area contributed by atoms with Crippen molar-refractivity contribution >= 4 is 53.7 Å². The fourth-order valence-corrected chi connectivity index (χ4v) is 11.2. The summed E-state index contributed by atoms with van der Waals surface area (Å²) in [6.45, 7) is 5.39. The minimum absolute atomic E-state index is 0.0657. The lowest BCUT2D eigenvalue weighted by Crippen LogP contribution is -2.45. The molecule has 1 N–H and O–H groups in total. The van der Waals surface area contributed by atoms with Crippen molar-refractivity contribution in [1.29, 1.82) is 0 Å². The second kappa shape index (κ2) is 12.4. The lowest BCUT2D eigenvalue weighted by atomic mass is 9.82. The van der Waals surface area contributed by atoms with Gasteiger partial charge in [0.05, 0.1) is 40.2 Å². The Labute approximate surface area is 299 Å². The van der Waals surface area contributed by atoms with E-state index in [9.17, 15) is 24.8 Å². The molecule has 0 unspecified atom stereocenters. The molecule has 4 atom stereocenters. The Hall–Kier alpha value is -5.31. The first-order valence-electron chi connectivity index (χ1n) is 17.3. The van der Waals surface area contributed by atoms with Gasteiger partial charge in [-0.25, -0.2) is 0 Å². The number of amides is 2. The molecule has 1 spiro atoms. The highest BCUT2D eigenvalue weighted by Crippen LogP contribution is 2.60. The Morgan fingerprint density at radius 1 is 1.04 bits per heavy atom. The van der Waals surface area contributed by atoms with Gasteiger partial charge in [-0.3, -0.25) is 29.3 Å². The number of rotatable bonds is 10. The molecule has 52 heavy (non-hydrogen) atoms. The predicted molar refractivity (Wildman–Crippen MR) is 195 cm³/mol. The van der Waals surface area contributed by atoms with Gasteiger partial charge in [0.15, 0.2) is 5.60 Å². The van der Waals surface area contributed by atoms with Gasteiger partial charge in [-0.15, -0.1) is 5.10 Å². The third kappa shape index (κ3) is 5.23. The number of nitro benzene ring substituents is 1. The number of aliphatic hydroxyl groups is 1. The van der Waals surface area contributed by atoms with E-state index in [4.69, 9.17) is 4.74 Å². The summed E-state index contributed by atoms with van der Waals surface area (Å²) in [6, 6.07) is 23.2. The maximum atomic E-state index is 16.4. The molecule has 3 aliphatic rings. The lowest BCUT2D eigenvalue weighted by Gasteiger charge is -2.31. The van der Waals surface area contributed by atoms with Crippen molar-refractivity contribution in [2.75, 3.05) is 16.4 Å². The normalized spacial score (nSPS) is 22.3. The minimum Gasteiger partial charge on any atom is -0.396 e. The van der Waals surface area contributed by atoms with Crippen LogP contribution in [0.2, 0.25) is 18.6 Å². The van der Waals surface area contributed by atoms with E-state index < -0.39 is 42.4 Å². The zero-order chi connectivity index (χ0) is 36.5. The summed E-state index contributed by atoms with van der Waals surface area (Å²) in [7, 11) is -3.49. The first kappa shape index (κ1) is 33.8. The second-order valence-electron chi connectivity index (χ2n) is 14.3. The van der Waals surface area contributed by atoms with Gasteiger partial charge in [0.25, 0.3) is 17.5 Å². The van der Waals surface area contributed by atoms with Crippen LogP contribution in [0.15, 0.2) is 85.1 Å². The Bertz CT molecular complexity index is 2270. The van der Waals surface area contributed by atoms with Gasteiger partial charge in [0.2, 0.25) is 8.41 Å². The van der Waals surface area contributed by atoms with E-state index in [1.807, 2.05) is 67.6 Å². The van der Waals surface area contributed by atoms with Gasteiger partial charge in [0.1, 0.15) is 0 Å². The van der Waals surface area contributed by atoms with Crippen LogP contribution in [0.5, 0.6) is 0 Å². The fourth-order valence-electron chi connectivity index (χ4n) is 8.66. The Kier molecular flexibility index (Phi) is 8.08. The number of ether oxygens (including phenoxy) is 1. The van der Waals surface area contributed by atoms with E-state index in [0.29, 0.717) is 47.6 Å². The molecule has 1 aromatic heterocycles. The topological polar surface area (TPSA) is 144 Å². The van der Waals surface area contributed by atoms with Crippen LogP contribution >= 0.6 is 0 Å². The number of carbonyl (C=O) groups excluding carboxylic acids is 2. The van der Waals surface area contributed by atoms with Crippen LogP contribution in [0.1, 0.15) is 40.5 Å². The summed E-state index contributed by atoms with van der Waals surface area (Å²) < 4.78 is 24.8. The molecule has 2 amide bonds. The number of nitro groups is 1. The van der Waals surface area contributed by atoms with Crippen LogP contribution in [0.4, 0.5) is 26.9 Å². The quantitative estimate of drug-likeness (QED) is 0.0738. The highest BCUT2D eigenvalue weighted by Gasteiger charge is 2.67. The van der Waals surface area contributed by atoms with Crippen molar-refractivity contribution < 1.29 is 28.5 Å². The summed E-state index contributed by atoms with van der Waals surface area (Å²) in [5.41, 5.74) is 1.75. The highest BCUT2D eigenvalue weighted by molar-refractivity contribution is 6.72. The molecule has 0 aliphatic carbocycles. The van der Waals surface area contributed by atoms with Crippen molar-refractivity contribution in [1.82, 2.24) is 15.0 Å². The molecule has 5 aromatic rings. The third-order valence-corrected chi connectivity index (χ3v) is 13.3. The number of hydrogen-bond donors (Lipinski definition) is 1. The molecular formula is C38H37FN6O6Si. The number of aliphatic hydroxyl groups excluding tert-OH is 1. The van der Waals surface area contributed by atoms with Gasteiger partial charge in [-0.1, -0.05) is 48.5 Å². The van der Waals surface area contributed by atoms with E-state index in [-0.39, 0.29) is 24.7 Å². The maximum Gasteiger partial charge on any atom is 0.269 e. The standard InChI is InChI=1S/C38H37FN6O6Si/c1-23-35(52(2,3)39)33(15-17-42-22-26(16-18-46)40-41-42)51-38(23)30-20-28(45(49)50)13-14-31(30)43(37(38)48)21-24-7-4-10-27(19-24)44-32-12-6-9-25-8-5-11-29(34(25)32)36(44)47/h4-14,19-20,22-23,33,35,46H,15-18,21H2,1-3H3/t23-,33+,35-,38+/m1/s1. The van der Waals surface area contributed by atoms with Crippen molar-refractivity contribution in [3.8, 4) is 0 Å². The van der Waals surface area contributed by atoms with Gasteiger partial charge < -0.3 is 18.9 Å². The Morgan fingerprint density at radius 3 is 2.56 bits per heavy atom. The van der Waals surface area contributed by atoms with E-state index in [1.165, 1.54) is 12.1 Å². The van der Waals surface area contributed by atoms with E-state index in [0.717, 1.165) is 22.0 Å². The molecule has 0 saturated carbocycles. The average molecular weight is 721 g/mol. The highest BCUT2D eigenvalue weighted by atomic mass is 28.4. The van der Waals surface area contributed by atoms with Crippen LogP contribution in [0.25, 0.3) is 10.8 Å². The molecule has 4 aromatic carbocycles. The van der Waals surface area contributed by atoms with Crippen LogP contribution in [-0.2, 0) is 34.6 Å². The molecule has 3 aliphatic heterocycles. The molecule has 14 heteroatoms. The number of aryl methyl sites for hydroxylation is 1. The zero-order valence-corrected chi connectivity index (χ0v) is 29.9. The van der Waals surface area contributed by atoms with E-state index >= 15 is 4.11 Å². The van der Waals surface area contributed by atoms with Crippen LogP contribution in [0.3, 0.4) is 0 Å². The van der Waals surface area contributed by atoms with Crippen LogP contribution in [0, 0.1) is 16.0 Å². The lowest BCUT2D eigenvalue weighted by molar-refractivity contribution is -0.385. The molecule has 4 heterocycles. The summed E-state index contributed by atoms with van der Waals surface area (Å²) >= 11 is 0. The first-order valence-corrected chi connectivity index (χ1v) is 20.3. The fraction of sp³-hybridized carbons (Fsp3) is 0.316. The van der Waals surface area contributed by atoms with Gasteiger partial charge >= 0.3 is 0 Å². The number of halogens is 1. The Morgan fingerprint density at radius 2 is 1.81 bits per heavy atom. The van der Waals surface area contributed by atoms with E-state index in [2.05, 4.69) is 10.3 Å². The zero-order valence-electron chi connectivity index (χ0n) is 28.9. The number of anilines is 3. The average Bonchev–Trinajstić information content (AvgIpc) is 3.83. The molecule has 266 valence electrons.